The third-order valence-corrected chi connectivity index (χ3v) is 28.3. The van der Waals surface area contributed by atoms with Gasteiger partial charge in [-0.25, -0.2) is 29.9 Å². The molecule has 0 saturated heterocycles. The Hall–Kier alpha value is -18.4. The highest BCUT2D eigenvalue weighted by Crippen LogP contribution is 2.48. The van der Waals surface area contributed by atoms with Crippen molar-refractivity contribution in [3.05, 3.63) is 473 Å². The van der Waals surface area contributed by atoms with E-state index in [-0.39, 0.29) is 0 Å². The lowest BCUT2D eigenvalue weighted by molar-refractivity contribution is 0.669. The smallest absolute Gasteiger partial charge is 0.167 e. The van der Waals surface area contributed by atoms with Gasteiger partial charge in [-0.3, -0.25) is 0 Å². The summed E-state index contributed by atoms with van der Waals surface area (Å²) in [6, 6.07) is 168. The number of fused-ring (bicyclic) bond motifs is 18. The first-order chi connectivity index (χ1) is 68.4. The molecule has 0 bridgehead atoms. The van der Waals surface area contributed by atoms with Crippen molar-refractivity contribution >= 4 is 141 Å². The van der Waals surface area contributed by atoms with Crippen molar-refractivity contribution in [2.24, 2.45) is 0 Å². The van der Waals surface area contributed by atoms with Crippen LogP contribution in [0.25, 0.3) is 265 Å². The van der Waals surface area contributed by atoms with Gasteiger partial charge in [0.2, 0.25) is 0 Å². The number of hydrogen-bond donors (Lipinski definition) is 0. The van der Waals surface area contributed by atoms with E-state index in [2.05, 4.69) is 388 Å². The SMILES string of the molecule is c1ccc(-c2nc(-c3ccccc3)nc(-c3cccc4c3oc3ccc(-c5ccc6c(c5)c5cc(-c7ccc8c(c7)c7ccccc7n8-c7ccccc7)ccc5n6-c5ccccc5)cc34)n2)cc1.c1ccc(-c2nc(-c3ccccc3)nc(-c3cccc4sc5cc(-c6ccc7c(c6)c6cc(-c8ccc9c(c8)c8ccccc8n9-c8ccccc8)ccc6n7-c6ccccc6)ccc5c34)n2)cc1. The van der Waals surface area contributed by atoms with Crippen LogP contribution in [0.4, 0.5) is 0 Å². The summed E-state index contributed by atoms with van der Waals surface area (Å²) in [5, 5.41) is 14.2. The molecule has 12 heteroatoms. The number of para-hydroxylation sites is 7. The number of hydrogen-bond acceptors (Lipinski definition) is 8. The van der Waals surface area contributed by atoms with Gasteiger partial charge < -0.3 is 22.7 Å². The van der Waals surface area contributed by atoms with E-state index in [0.717, 1.165) is 106 Å². The van der Waals surface area contributed by atoms with E-state index in [9.17, 15) is 0 Å². The molecule has 0 radical (unpaired) electrons. The number of aromatic nitrogens is 10. The van der Waals surface area contributed by atoms with Crippen molar-refractivity contribution in [1.82, 2.24) is 48.2 Å². The topological polar surface area (TPSA) is 110 Å². The molecule has 0 fully saturated rings. The maximum absolute atomic E-state index is 6.72. The monoisotopic (exact) mass is 1780 g/mol. The summed E-state index contributed by atoms with van der Waals surface area (Å²) in [4.78, 5) is 30.2. The molecule has 0 aliphatic carbocycles. The molecule has 0 spiro atoms. The molecule has 28 aromatic rings. The fourth-order valence-electron chi connectivity index (χ4n) is 20.7. The second kappa shape index (κ2) is 32.8. The number of thiophene rings is 1. The van der Waals surface area contributed by atoms with Gasteiger partial charge >= 0.3 is 0 Å². The maximum atomic E-state index is 6.72. The standard InChI is InChI=1S/C63H39N5O.C63H39N5S/c1-5-16-40(17-6-1)61-64-62(41-18-7-2-8-19-41)66-63(65-61)50-26-15-25-49-54-39-45(31-35-59(54)69-60(49)50)44-30-34-58-53(38-44)52-37-43(29-33-57(52)68(58)47-22-11-4-12-23-47)42-28-32-56-51(36-42)48-24-13-14-27-55(48)67(56)46-20-9-3-10-21-46;1-5-16-40(17-6-1)61-64-62(41-18-7-2-8-19-41)66-63(65-61)50-25-15-27-58-60(50)49-32-28-45(39-59(49)69-58)44-31-35-57-53(38-44)52-37-43(30-34-56(52)68(57)47-22-11-4-12-23-47)42-29-33-55-51(36-42)48-24-13-14-26-54(48)67(55)46-20-9-3-10-21-46/h2*1-39H. The van der Waals surface area contributed by atoms with Gasteiger partial charge in [-0.2, -0.15) is 0 Å². The van der Waals surface area contributed by atoms with Gasteiger partial charge in [-0.1, -0.05) is 309 Å². The minimum atomic E-state index is 0.561. The van der Waals surface area contributed by atoms with Gasteiger partial charge in [0.1, 0.15) is 11.2 Å². The summed E-state index contributed by atoms with van der Waals surface area (Å²) in [6.45, 7) is 0. The number of furan rings is 1. The van der Waals surface area contributed by atoms with Crippen LogP contribution >= 0.6 is 11.3 Å². The quantitative estimate of drug-likeness (QED) is 0.107. The van der Waals surface area contributed by atoms with E-state index in [4.69, 9.17) is 34.3 Å². The molecule has 0 aliphatic heterocycles. The molecule has 0 unspecified atom stereocenters. The van der Waals surface area contributed by atoms with Crippen LogP contribution in [0.5, 0.6) is 0 Å². The van der Waals surface area contributed by atoms with Gasteiger partial charge in [0.15, 0.2) is 34.9 Å². The first-order valence-corrected chi connectivity index (χ1v) is 47.3. The van der Waals surface area contributed by atoms with Crippen molar-refractivity contribution in [2.45, 2.75) is 0 Å². The van der Waals surface area contributed by atoms with Crippen LogP contribution in [0.15, 0.2) is 478 Å². The fourth-order valence-corrected chi connectivity index (χ4v) is 21.9. The molecule has 0 saturated carbocycles. The molecule has 20 aromatic carbocycles. The Labute approximate surface area is 796 Å². The molecule has 0 atom stereocenters. The van der Waals surface area contributed by atoms with Gasteiger partial charge in [-0.05, 0) is 208 Å². The van der Waals surface area contributed by atoms with Crippen LogP contribution in [0.3, 0.4) is 0 Å². The van der Waals surface area contributed by atoms with Crippen molar-refractivity contribution in [2.75, 3.05) is 0 Å². The lowest BCUT2D eigenvalue weighted by Crippen LogP contribution is -2.00. The Morgan fingerprint density at radius 3 is 0.804 bits per heavy atom. The minimum absolute atomic E-state index is 0.561. The van der Waals surface area contributed by atoms with Crippen molar-refractivity contribution in [3.8, 4) is 136 Å². The third-order valence-electron chi connectivity index (χ3n) is 27.1. The van der Waals surface area contributed by atoms with Gasteiger partial charge in [-0.15, -0.1) is 11.3 Å². The van der Waals surface area contributed by atoms with E-state index in [1.807, 2.05) is 114 Å². The molecular formula is C126H78N10OS. The van der Waals surface area contributed by atoms with E-state index in [1.54, 1.807) is 0 Å². The predicted molar refractivity (Wildman–Crippen MR) is 572 cm³/mol. The van der Waals surface area contributed by atoms with Crippen LogP contribution in [-0.4, -0.2) is 48.2 Å². The van der Waals surface area contributed by atoms with Crippen molar-refractivity contribution < 1.29 is 4.42 Å². The minimum Gasteiger partial charge on any atom is -0.455 e. The Morgan fingerprint density at radius 2 is 0.435 bits per heavy atom. The summed E-state index contributed by atoms with van der Waals surface area (Å²) in [5.74, 6) is 3.75. The average molecular weight is 1780 g/mol. The van der Waals surface area contributed by atoms with Crippen LogP contribution in [-0.2, 0) is 0 Å². The second-order valence-electron chi connectivity index (χ2n) is 35.2. The van der Waals surface area contributed by atoms with Crippen molar-refractivity contribution in [1.29, 1.82) is 0 Å². The summed E-state index contributed by atoms with van der Waals surface area (Å²) in [6.07, 6.45) is 0. The molecule has 644 valence electrons. The maximum Gasteiger partial charge on any atom is 0.167 e. The lowest BCUT2D eigenvalue weighted by Gasteiger charge is -2.10. The second-order valence-corrected chi connectivity index (χ2v) is 36.3. The fraction of sp³-hybridized carbons (Fsp3) is 0. The highest BCUT2D eigenvalue weighted by molar-refractivity contribution is 7.26. The summed E-state index contributed by atoms with van der Waals surface area (Å²) in [7, 11) is 0. The highest BCUT2D eigenvalue weighted by atomic mass is 32.1. The zero-order chi connectivity index (χ0) is 90.8. The third kappa shape index (κ3) is 13.6. The molecule has 0 amide bonds. The number of benzene rings is 20. The molecule has 8 heterocycles. The molecular weight excluding hydrogens is 1700 g/mol. The Morgan fingerprint density at radius 1 is 0.167 bits per heavy atom. The zero-order valence-corrected chi connectivity index (χ0v) is 75.1. The van der Waals surface area contributed by atoms with E-state index in [0.29, 0.717) is 34.9 Å². The largest absolute Gasteiger partial charge is 0.455 e. The van der Waals surface area contributed by atoms with Crippen molar-refractivity contribution in [3.63, 3.8) is 0 Å². The van der Waals surface area contributed by atoms with E-state index >= 15 is 0 Å². The van der Waals surface area contributed by atoms with E-state index < -0.39 is 0 Å². The zero-order valence-electron chi connectivity index (χ0n) is 74.3. The van der Waals surface area contributed by atoms with Crippen LogP contribution in [0.1, 0.15) is 0 Å². The summed E-state index contributed by atoms with van der Waals surface area (Å²) < 4.78 is 18.7. The molecule has 28 rings (SSSR count). The first kappa shape index (κ1) is 79.4. The summed E-state index contributed by atoms with van der Waals surface area (Å²) in [5.41, 5.74) is 30.4. The molecule has 0 N–H and O–H groups in total. The number of nitrogens with zero attached hydrogens (tertiary/aromatic N) is 10. The average Bonchev–Trinajstić information content (AvgIpc) is 1.58. The lowest BCUT2D eigenvalue weighted by atomic mass is 9.98. The van der Waals surface area contributed by atoms with Gasteiger partial charge in [0, 0.05) is 125 Å². The molecule has 11 nitrogen and oxygen atoms in total. The molecule has 0 aliphatic rings. The first-order valence-electron chi connectivity index (χ1n) is 46.5. The van der Waals surface area contributed by atoms with Gasteiger partial charge in [0.05, 0.1) is 49.7 Å². The molecule has 138 heavy (non-hydrogen) atoms. The normalized spacial score (nSPS) is 11.8. The number of rotatable bonds is 14. The van der Waals surface area contributed by atoms with E-state index in [1.165, 1.54) is 124 Å². The molecule has 8 aromatic heterocycles. The van der Waals surface area contributed by atoms with Gasteiger partial charge in [0.25, 0.3) is 0 Å². The predicted octanol–water partition coefficient (Wildman–Crippen LogP) is 33.1. The van der Waals surface area contributed by atoms with Crippen LogP contribution in [0, 0.1) is 0 Å². The summed E-state index contributed by atoms with van der Waals surface area (Å²) >= 11 is 1.81. The Bertz CT molecular complexity index is 9580. The van der Waals surface area contributed by atoms with Crippen LogP contribution < -0.4 is 0 Å². The Kier molecular flexibility index (Phi) is 18.9. The Balaban J connectivity index is 0.000000139. The van der Waals surface area contributed by atoms with Crippen LogP contribution in [0.2, 0.25) is 0 Å². The highest BCUT2D eigenvalue weighted by Gasteiger charge is 2.26.